The Morgan fingerprint density at radius 1 is 1.44 bits per heavy atom. The van der Waals surface area contributed by atoms with E-state index in [0.717, 1.165) is 6.54 Å². The van der Waals surface area contributed by atoms with Crippen LogP contribution in [0.3, 0.4) is 0 Å². The van der Waals surface area contributed by atoms with Gasteiger partial charge in [-0.2, -0.15) is 0 Å². The molecule has 1 amide bonds. The van der Waals surface area contributed by atoms with E-state index in [2.05, 4.69) is 19.2 Å². The Morgan fingerprint density at radius 2 is 2.06 bits per heavy atom. The normalized spacial score (nSPS) is 20.0. The van der Waals surface area contributed by atoms with Crippen LogP contribution in [0.5, 0.6) is 0 Å². The Morgan fingerprint density at radius 3 is 2.44 bits per heavy atom. The van der Waals surface area contributed by atoms with Gasteiger partial charge in [-0.3, -0.25) is 4.79 Å². The first-order chi connectivity index (χ1) is 7.49. The van der Waals surface area contributed by atoms with Crippen molar-refractivity contribution in [1.82, 2.24) is 10.2 Å². The molecule has 0 aromatic rings. The molecule has 0 aromatic heterocycles. The van der Waals surface area contributed by atoms with Crippen molar-refractivity contribution >= 4 is 5.91 Å². The summed E-state index contributed by atoms with van der Waals surface area (Å²) >= 11 is 0. The van der Waals surface area contributed by atoms with Gasteiger partial charge >= 0.3 is 0 Å². The highest BCUT2D eigenvalue weighted by molar-refractivity contribution is 5.76. The first kappa shape index (κ1) is 13.5. The van der Waals surface area contributed by atoms with Crippen molar-refractivity contribution in [2.24, 2.45) is 5.41 Å². The highest BCUT2D eigenvalue weighted by atomic mass is 16.2. The molecule has 1 saturated carbocycles. The molecule has 0 radical (unpaired) electrons. The average Bonchev–Trinajstić information content (AvgIpc) is 2.16. The molecule has 0 aliphatic heterocycles. The summed E-state index contributed by atoms with van der Waals surface area (Å²) in [5.74, 6) is 0.208. The van der Waals surface area contributed by atoms with Gasteiger partial charge in [-0.05, 0) is 31.6 Å². The zero-order chi connectivity index (χ0) is 12.2. The monoisotopic (exact) mass is 226 g/mol. The zero-order valence-corrected chi connectivity index (χ0v) is 11.2. The van der Waals surface area contributed by atoms with Crippen molar-refractivity contribution in [3.05, 3.63) is 0 Å². The largest absolute Gasteiger partial charge is 0.349 e. The molecule has 16 heavy (non-hydrogen) atoms. The third-order valence-electron chi connectivity index (χ3n) is 3.97. The molecular formula is C13H26N2O. The van der Waals surface area contributed by atoms with E-state index >= 15 is 0 Å². The van der Waals surface area contributed by atoms with Crippen LogP contribution >= 0.6 is 0 Å². The topological polar surface area (TPSA) is 32.3 Å². The lowest BCUT2D eigenvalue weighted by Crippen LogP contribution is -2.43. The van der Waals surface area contributed by atoms with Gasteiger partial charge in [0.15, 0.2) is 0 Å². The van der Waals surface area contributed by atoms with Crippen LogP contribution in [-0.2, 0) is 4.79 Å². The minimum atomic E-state index is 0.208. The predicted octanol–water partition coefficient (Wildman–Crippen LogP) is 2.02. The van der Waals surface area contributed by atoms with E-state index < -0.39 is 0 Å². The number of hydrogen-bond acceptors (Lipinski definition) is 2. The molecule has 1 N–H and O–H groups in total. The standard InChI is InChI=1S/C13H26N2O/c1-5-13(7-6-8-13)10-14-11(2)9-12(16)15(3)4/h11,14H,5-10H2,1-4H3. The molecule has 0 spiro atoms. The number of carbonyl (C=O) groups is 1. The fourth-order valence-corrected chi connectivity index (χ4v) is 2.24. The van der Waals surface area contributed by atoms with Crippen LogP contribution in [0.4, 0.5) is 0 Å². The third-order valence-corrected chi connectivity index (χ3v) is 3.97. The van der Waals surface area contributed by atoms with Gasteiger partial charge in [0.2, 0.25) is 5.91 Å². The molecule has 94 valence electrons. The third kappa shape index (κ3) is 3.48. The Balaban J connectivity index is 2.24. The molecular weight excluding hydrogens is 200 g/mol. The van der Waals surface area contributed by atoms with Gasteiger partial charge in [-0.1, -0.05) is 13.3 Å². The Bertz CT molecular complexity index is 229. The van der Waals surface area contributed by atoms with Crippen molar-refractivity contribution in [3.8, 4) is 0 Å². The maximum Gasteiger partial charge on any atom is 0.223 e. The predicted molar refractivity (Wildman–Crippen MR) is 67.4 cm³/mol. The summed E-state index contributed by atoms with van der Waals surface area (Å²) in [6, 6.07) is 0.291. The van der Waals surface area contributed by atoms with E-state index in [0.29, 0.717) is 17.9 Å². The molecule has 1 unspecified atom stereocenters. The average molecular weight is 226 g/mol. The molecule has 0 saturated heterocycles. The second-order valence-corrected chi connectivity index (χ2v) is 5.48. The van der Waals surface area contributed by atoms with Gasteiger partial charge < -0.3 is 10.2 Å². The number of amides is 1. The quantitative estimate of drug-likeness (QED) is 0.751. The summed E-state index contributed by atoms with van der Waals surface area (Å²) in [5, 5.41) is 3.51. The van der Waals surface area contributed by atoms with E-state index in [1.807, 2.05) is 14.1 Å². The number of carbonyl (C=O) groups excluding carboxylic acids is 1. The highest BCUT2D eigenvalue weighted by Gasteiger charge is 2.34. The van der Waals surface area contributed by atoms with Crippen LogP contribution in [0.2, 0.25) is 0 Å². The molecule has 1 atom stereocenters. The lowest BCUT2D eigenvalue weighted by molar-refractivity contribution is -0.129. The number of hydrogen-bond donors (Lipinski definition) is 1. The lowest BCUT2D eigenvalue weighted by atomic mass is 9.67. The van der Waals surface area contributed by atoms with Crippen molar-refractivity contribution in [1.29, 1.82) is 0 Å². The van der Waals surface area contributed by atoms with Crippen LogP contribution in [0.1, 0.15) is 46.0 Å². The van der Waals surface area contributed by atoms with Gasteiger partial charge in [0, 0.05) is 33.1 Å². The SMILES string of the molecule is CCC1(CNC(C)CC(=O)N(C)C)CCC1. The molecule has 1 aliphatic carbocycles. The van der Waals surface area contributed by atoms with Crippen molar-refractivity contribution < 1.29 is 4.79 Å². The van der Waals surface area contributed by atoms with Crippen molar-refractivity contribution in [2.75, 3.05) is 20.6 Å². The van der Waals surface area contributed by atoms with Gasteiger partial charge in [0.25, 0.3) is 0 Å². The van der Waals surface area contributed by atoms with E-state index in [9.17, 15) is 4.79 Å². The molecule has 1 fully saturated rings. The Labute approximate surface area is 99.6 Å². The molecule has 0 aromatic carbocycles. The van der Waals surface area contributed by atoms with Crippen molar-refractivity contribution in [2.45, 2.75) is 52.0 Å². The number of nitrogens with one attached hydrogen (secondary N) is 1. The van der Waals surface area contributed by atoms with Gasteiger partial charge in [-0.25, -0.2) is 0 Å². The van der Waals surface area contributed by atoms with Crippen molar-refractivity contribution in [3.63, 3.8) is 0 Å². The fourth-order valence-electron chi connectivity index (χ4n) is 2.24. The van der Waals surface area contributed by atoms with E-state index in [1.165, 1.54) is 25.7 Å². The molecule has 3 heteroatoms. The minimum Gasteiger partial charge on any atom is -0.349 e. The Hall–Kier alpha value is -0.570. The van der Waals surface area contributed by atoms with Crippen LogP contribution in [-0.4, -0.2) is 37.5 Å². The maximum absolute atomic E-state index is 11.5. The second-order valence-electron chi connectivity index (χ2n) is 5.48. The maximum atomic E-state index is 11.5. The van der Waals surface area contributed by atoms with Crippen LogP contribution in [0.25, 0.3) is 0 Å². The fraction of sp³-hybridized carbons (Fsp3) is 0.923. The Kier molecular flexibility index (Phi) is 4.78. The summed E-state index contributed by atoms with van der Waals surface area (Å²) < 4.78 is 0. The van der Waals surface area contributed by atoms with Gasteiger partial charge in [0.05, 0.1) is 0 Å². The first-order valence-corrected chi connectivity index (χ1v) is 6.42. The van der Waals surface area contributed by atoms with Crippen LogP contribution in [0, 0.1) is 5.41 Å². The van der Waals surface area contributed by atoms with E-state index in [1.54, 1.807) is 4.90 Å². The molecule has 3 nitrogen and oxygen atoms in total. The van der Waals surface area contributed by atoms with E-state index in [-0.39, 0.29) is 5.91 Å². The smallest absolute Gasteiger partial charge is 0.223 e. The molecule has 0 heterocycles. The summed E-state index contributed by atoms with van der Waals surface area (Å²) in [5.41, 5.74) is 0.537. The van der Waals surface area contributed by atoms with Crippen LogP contribution < -0.4 is 5.32 Å². The number of nitrogens with zero attached hydrogens (tertiary/aromatic N) is 1. The summed E-state index contributed by atoms with van der Waals surface area (Å²) in [4.78, 5) is 13.2. The van der Waals surface area contributed by atoms with Gasteiger partial charge in [-0.15, -0.1) is 0 Å². The molecule has 1 rings (SSSR count). The summed E-state index contributed by atoms with van der Waals surface area (Å²) in [6.45, 7) is 5.45. The van der Waals surface area contributed by atoms with Crippen LogP contribution in [0.15, 0.2) is 0 Å². The summed E-state index contributed by atoms with van der Waals surface area (Å²) in [6.07, 6.45) is 5.94. The molecule has 0 bridgehead atoms. The highest BCUT2D eigenvalue weighted by Crippen LogP contribution is 2.43. The number of rotatable bonds is 6. The zero-order valence-electron chi connectivity index (χ0n) is 11.2. The first-order valence-electron chi connectivity index (χ1n) is 6.42. The van der Waals surface area contributed by atoms with E-state index in [4.69, 9.17) is 0 Å². The minimum absolute atomic E-state index is 0.208. The summed E-state index contributed by atoms with van der Waals surface area (Å²) in [7, 11) is 3.63. The van der Waals surface area contributed by atoms with Gasteiger partial charge in [0.1, 0.15) is 0 Å². The second kappa shape index (κ2) is 5.67. The molecule has 1 aliphatic rings. The lowest BCUT2D eigenvalue weighted by Gasteiger charge is -2.42.